The molecule has 1 saturated heterocycles. The SMILES string of the molecule is CCNCc1ccc(S(=O)(=O)N2CCCCC2C)o1. The van der Waals surface area contributed by atoms with Gasteiger partial charge in [0.1, 0.15) is 5.76 Å². The predicted octanol–water partition coefficient (Wildman–Crippen LogP) is 1.95. The summed E-state index contributed by atoms with van der Waals surface area (Å²) in [6.07, 6.45) is 2.94. The molecule has 1 aliphatic heterocycles. The van der Waals surface area contributed by atoms with Crippen molar-refractivity contribution < 1.29 is 12.8 Å². The maximum atomic E-state index is 12.5. The maximum absolute atomic E-state index is 12.5. The zero-order valence-corrected chi connectivity index (χ0v) is 12.4. The van der Waals surface area contributed by atoms with Gasteiger partial charge in [-0.3, -0.25) is 0 Å². The van der Waals surface area contributed by atoms with Crippen molar-refractivity contribution >= 4 is 10.0 Å². The van der Waals surface area contributed by atoms with Crippen LogP contribution in [-0.4, -0.2) is 31.9 Å². The van der Waals surface area contributed by atoms with Crippen molar-refractivity contribution in [1.82, 2.24) is 9.62 Å². The molecule has 0 aliphatic carbocycles. The van der Waals surface area contributed by atoms with E-state index in [9.17, 15) is 8.42 Å². The molecule has 0 aromatic carbocycles. The van der Waals surface area contributed by atoms with E-state index in [4.69, 9.17) is 4.42 Å². The number of hydrogen-bond donors (Lipinski definition) is 1. The number of nitrogens with zero attached hydrogens (tertiary/aromatic N) is 1. The van der Waals surface area contributed by atoms with Crippen LogP contribution in [0, 0.1) is 0 Å². The average Bonchev–Trinajstić information content (AvgIpc) is 2.86. The average molecular weight is 286 g/mol. The third kappa shape index (κ3) is 3.19. The molecule has 1 N–H and O–H groups in total. The quantitative estimate of drug-likeness (QED) is 0.898. The van der Waals surface area contributed by atoms with Crippen molar-refractivity contribution in [3.63, 3.8) is 0 Å². The Bertz CT molecular complexity index is 510. The van der Waals surface area contributed by atoms with E-state index in [-0.39, 0.29) is 11.1 Å². The van der Waals surface area contributed by atoms with Crippen LogP contribution in [0.1, 0.15) is 38.9 Å². The smallest absolute Gasteiger partial charge is 0.276 e. The summed E-state index contributed by atoms with van der Waals surface area (Å²) in [6, 6.07) is 3.34. The van der Waals surface area contributed by atoms with Gasteiger partial charge in [-0.15, -0.1) is 0 Å². The van der Waals surface area contributed by atoms with E-state index < -0.39 is 10.0 Å². The summed E-state index contributed by atoms with van der Waals surface area (Å²) < 4.78 is 32.0. The summed E-state index contributed by atoms with van der Waals surface area (Å²) in [4.78, 5) is 0. The van der Waals surface area contributed by atoms with Gasteiger partial charge < -0.3 is 9.73 Å². The van der Waals surface area contributed by atoms with Gasteiger partial charge in [0.15, 0.2) is 0 Å². The Labute approximate surface area is 115 Å². The van der Waals surface area contributed by atoms with Gasteiger partial charge in [0.05, 0.1) is 6.54 Å². The lowest BCUT2D eigenvalue weighted by Crippen LogP contribution is -2.41. The molecule has 0 saturated carbocycles. The number of furan rings is 1. The number of hydrogen-bond acceptors (Lipinski definition) is 4. The molecular formula is C13H22N2O3S. The van der Waals surface area contributed by atoms with Crippen LogP contribution in [0.25, 0.3) is 0 Å². The molecule has 1 aliphatic rings. The zero-order chi connectivity index (χ0) is 13.9. The molecular weight excluding hydrogens is 264 g/mol. The summed E-state index contributed by atoms with van der Waals surface area (Å²) >= 11 is 0. The molecule has 1 fully saturated rings. The first-order valence-electron chi connectivity index (χ1n) is 6.87. The molecule has 0 bridgehead atoms. The Morgan fingerprint density at radius 2 is 2.21 bits per heavy atom. The molecule has 1 aromatic rings. The lowest BCUT2D eigenvalue weighted by molar-refractivity contribution is 0.260. The lowest BCUT2D eigenvalue weighted by Gasteiger charge is -2.31. The molecule has 5 nitrogen and oxygen atoms in total. The number of nitrogens with one attached hydrogen (secondary N) is 1. The van der Waals surface area contributed by atoms with Crippen LogP contribution in [-0.2, 0) is 16.6 Å². The molecule has 0 spiro atoms. The second kappa shape index (κ2) is 6.07. The molecule has 0 radical (unpaired) electrons. The van der Waals surface area contributed by atoms with Crippen molar-refractivity contribution in [2.45, 2.75) is 50.8 Å². The Morgan fingerprint density at radius 3 is 2.89 bits per heavy atom. The summed E-state index contributed by atoms with van der Waals surface area (Å²) in [6.45, 7) is 5.93. The molecule has 19 heavy (non-hydrogen) atoms. The normalized spacial score (nSPS) is 21.7. The molecule has 2 heterocycles. The minimum atomic E-state index is -3.48. The standard InChI is InChI=1S/C13H22N2O3S/c1-3-14-10-12-7-8-13(18-12)19(16,17)15-9-5-4-6-11(15)2/h7-8,11,14H,3-6,9-10H2,1-2H3. The van der Waals surface area contributed by atoms with Crippen LogP contribution in [0.2, 0.25) is 0 Å². The Morgan fingerprint density at radius 1 is 1.42 bits per heavy atom. The Kier molecular flexibility index (Phi) is 4.65. The Hall–Kier alpha value is -0.850. The van der Waals surface area contributed by atoms with Gasteiger partial charge >= 0.3 is 0 Å². The van der Waals surface area contributed by atoms with Crippen molar-refractivity contribution in [3.05, 3.63) is 17.9 Å². The van der Waals surface area contributed by atoms with E-state index in [2.05, 4.69) is 5.32 Å². The van der Waals surface area contributed by atoms with Crippen LogP contribution in [0.15, 0.2) is 21.6 Å². The number of rotatable bonds is 5. The third-order valence-corrected chi connectivity index (χ3v) is 5.38. The van der Waals surface area contributed by atoms with Crippen LogP contribution >= 0.6 is 0 Å². The highest BCUT2D eigenvalue weighted by Gasteiger charge is 2.33. The highest BCUT2D eigenvalue weighted by atomic mass is 32.2. The third-order valence-electron chi connectivity index (χ3n) is 3.49. The minimum absolute atomic E-state index is 0.0565. The van der Waals surface area contributed by atoms with Crippen molar-refractivity contribution in [1.29, 1.82) is 0 Å². The van der Waals surface area contributed by atoms with Crippen molar-refractivity contribution in [2.75, 3.05) is 13.1 Å². The van der Waals surface area contributed by atoms with Gasteiger partial charge in [0.25, 0.3) is 10.0 Å². The van der Waals surface area contributed by atoms with Gasteiger partial charge in [0.2, 0.25) is 5.09 Å². The zero-order valence-electron chi connectivity index (χ0n) is 11.6. The van der Waals surface area contributed by atoms with Crippen molar-refractivity contribution in [3.8, 4) is 0 Å². The first-order chi connectivity index (χ1) is 9.05. The highest BCUT2D eigenvalue weighted by molar-refractivity contribution is 7.89. The van der Waals surface area contributed by atoms with Crippen LogP contribution in [0.3, 0.4) is 0 Å². The largest absolute Gasteiger partial charge is 0.447 e. The van der Waals surface area contributed by atoms with Crippen LogP contribution in [0.4, 0.5) is 0 Å². The second-order valence-electron chi connectivity index (χ2n) is 4.96. The first kappa shape index (κ1) is 14.6. The fourth-order valence-corrected chi connectivity index (χ4v) is 4.02. The van der Waals surface area contributed by atoms with Gasteiger partial charge in [-0.25, -0.2) is 8.42 Å². The molecule has 2 rings (SSSR count). The fraction of sp³-hybridized carbons (Fsp3) is 0.692. The molecule has 1 aromatic heterocycles. The van der Waals surface area contributed by atoms with E-state index in [1.54, 1.807) is 16.4 Å². The van der Waals surface area contributed by atoms with Gasteiger partial charge in [-0.05, 0) is 38.4 Å². The molecule has 1 unspecified atom stereocenters. The number of piperidine rings is 1. The summed E-state index contributed by atoms with van der Waals surface area (Å²) in [5.74, 6) is 0.657. The van der Waals surface area contributed by atoms with E-state index in [1.165, 1.54) is 0 Å². The van der Waals surface area contributed by atoms with Crippen molar-refractivity contribution in [2.24, 2.45) is 0 Å². The maximum Gasteiger partial charge on any atom is 0.276 e. The van der Waals surface area contributed by atoms with Gasteiger partial charge in [-0.2, -0.15) is 4.31 Å². The summed E-state index contributed by atoms with van der Waals surface area (Å²) in [7, 11) is -3.48. The first-order valence-corrected chi connectivity index (χ1v) is 8.31. The molecule has 1 atom stereocenters. The van der Waals surface area contributed by atoms with Crippen LogP contribution < -0.4 is 5.32 Å². The molecule has 108 valence electrons. The van der Waals surface area contributed by atoms with E-state index in [0.717, 1.165) is 25.8 Å². The van der Waals surface area contributed by atoms with E-state index in [0.29, 0.717) is 18.8 Å². The monoisotopic (exact) mass is 286 g/mol. The Balaban J connectivity index is 2.16. The number of sulfonamides is 1. The predicted molar refractivity (Wildman–Crippen MR) is 73.3 cm³/mol. The second-order valence-corrected chi connectivity index (χ2v) is 6.78. The van der Waals surface area contributed by atoms with Gasteiger partial charge in [-0.1, -0.05) is 13.3 Å². The summed E-state index contributed by atoms with van der Waals surface area (Å²) in [5.41, 5.74) is 0. The fourth-order valence-electron chi connectivity index (χ4n) is 2.38. The van der Waals surface area contributed by atoms with E-state index >= 15 is 0 Å². The molecule has 6 heteroatoms. The molecule has 0 amide bonds. The minimum Gasteiger partial charge on any atom is -0.447 e. The van der Waals surface area contributed by atoms with Gasteiger partial charge in [0, 0.05) is 12.6 Å². The van der Waals surface area contributed by atoms with Crippen LogP contribution in [0.5, 0.6) is 0 Å². The topological polar surface area (TPSA) is 62.6 Å². The lowest BCUT2D eigenvalue weighted by atomic mass is 10.1. The highest BCUT2D eigenvalue weighted by Crippen LogP contribution is 2.26. The summed E-state index contributed by atoms with van der Waals surface area (Å²) in [5, 5.41) is 3.18. The van der Waals surface area contributed by atoms with E-state index in [1.807, 2.05) is 13.8 Å².